The van der Waals surface area contributed by atoms with Crippen LogP contribution < -0.4 is 20.2 Å². The first kappa shape index (κ1) is 33.4. The molecule has 1 unspecified atom stereocenters. The molecule has 0 radical (unpaired) electrons. The molecule has 1 atom stereocenters. The minimum absolute atomic E-state index is 0.159. The van der Waals surface area contributed by atoms with Crippen LogP contribution >= 0.6 is 11.3 Å². The number of nitrogens with zero attached hydrogens (tertiary/aromatic N) is 2. The third-order valence-corrected chi connectivity index (χ3v) is 8.15. The molecule has 0 spiro atoms. The van der Waals surface area contributed by atoms with Crippen LogP contribution in [-0.4, -0.2) is 29.7 Å². The van der Waals surface area contributed by atoms with Crippen LogP contribution in [0.15, 0.2) is 47.5 Å². The average Bonchev–Trinajstić information content (AvgIpc) is 3.22. The Hall–Kier alpha value is -3.13. The number of amides is 3. The van der Waals surface area contributed by atoms with Gasteiger partial charge in [-0.2, -0.15) is 4.99 Å². The second-order valence-electron chi connectivity index (χ2n) is 12.6. The van der Waals surface area contributed by atoms with Gasteiger partial charge in [0.05, 0.1) is 29.1 Å². The van der Waals surface area contributed by atoms with Crippen LogP contribution in [0.3, 0.4) is 0 Å². The molecule has 230 valence electrons. The molecule has 0 saturated heterocycles. The predicted molar refractivity (Wildman–Crippen MR) is 175 cm³/mol. The van der Waals surface area contributed by atoms with E-state index in [4.69, 9.17) is 4.74 Å². The molecule has 0 aliphatic heterocycles. The van der Waals surface area contributed by atoms with Gasteiger partial charge in [0, 0.05) is 19.5 Å². The van der Waals surface area contributed by atoms with E-state index in [1.54, 1.807) is 0 Å². The molecule has 2 aromatic carbocycles. The number of carbonyl (C=O) groups is 2. The van der Waals surface area contributed by atoms with Gasteiger partial charge >= 0.3 is 6.03 Å². The fourth-order valence-corrected chi connectivity index (χ4v) is 6.30. The Bertz CT molecular complexity index is 1350. The van der Waals surface area contributed by atoms with Crippen LogP contribution in [0.2, 0.25) is 0 Å². The molecular formula is C34H50N4O3S. The van der Waals surface area contributed by atoms with E-state index in [1.165, 1.54) is 43.9 Å². The van der Waals surface area contributed by atoms with Crippen LogP contribution in [0.4, 0.5) is 10.5 Å². The summed E-state index contributed by atoms with van der Waals surface area (Å²) in [7, 11) is 0. The van der Waals surface area contributed by atoms with Gasteiger partial charge in [0.15, 0.2) is 4.80 Å². The number of benzene rings is 2. The van der Waals surface area contributed by atoms with E-state index in [2.05, 4.69) is 66.9 Å². The zero-order valence-corrected chi connectivity index (χ0v) is 27.2. The quantitative estimate of drug-likeness (QED) is 0.173. The van der Waals surface area contributed by atoms with Gasteiger partial charge in [-0.1, -0.05) is 108 Å². The summed E-state index contributed by atoms with van der Waals surface area (Å²) < 4.78 is 9.28. The van der Waals surface area contributed by atoms with Gasteiger partial charge < -0.3 is 19.9 Å². The monoisotopic (exact) mass is 594 g/mol. The minimum Gasteiger partial charge on any atom is -0.491 e. The maximum Gasteiger partial charge on any atom is 0.343 e. The van der Waals surface area contributed by atoms with Gasteiger partial charge in [0.2, 0.25) is 5.91 Å². The molecule has 7 nitrogen and oxygen atoms in total. The number of hydrogen-bond acceptors (Lipinski definition) is 4. The predicted octanol–water partition coefficient (Wildman–Crippen LogP) is 8.52. The first-order valence-corrected chi connectivity index (χ1v) is 16.3. The first-order valence-electron chi connectivity index (χ1n) is 15.5. The third-order valence-electron chi connectivity index (χ3n) is 7.11. The van der Waals surface area contributed by atoms with E-state index in [1.807, 2.05) is 30.3 Å². The molecule has 1 heterocycles. The Balaban J connectivity index is 1.89. The fourth-order valence-electron chi connectivity index (χ4n) is 5.25. The lowest BCUT2D eigenvalue weighted by Gasteiger charge is -2.23. The maximum absolute atomic E-state index is 12.8. The van der Waals surface area contributed by atoms with Crippen molar-refractivity contribution in [3.63, 3.8) is 0 Å². The summed E-state index contributed by atoms with van der Waals surface area (Å²) in [6.07, 6.45) is 9.04. The largest absolute Gasteiger partial charge is 0.491 e. The Labute approximate surface area is 255 Å². The van der Waals surface area contributed by atoms with Crippen LogP contribution in [0.1, 0.15) is 98.5 Å². The van der Waals surface area contributed by atoms with Crippen molar-refractivity contribution in [1.82, 2.24) is 9.88 Å². The third kappa shape index (κ3) is 11.3. The molecule has 0 fully saturated rings. The normalized spacial score (nSPS) is 12.9. The topological polar surface area (TPSA) is 84.7 Å². The molecule has 3 amide bonds. The van der Waals surface area contributed by atoms with Gasteiger partial charge in [-0.3, -0.25) is 4.79 Å². The van der Waals surface area contributed by atoms with Crippen molar-refractivity contribution in [3.8, 4) is 5.75 Å². The van der Waals surface area contributed by atoms with Crippen molar-refractivity contribution in [3.05, 3.63) is 52.8 Å². The molecule has 0 saturated carbocycles. The Morgan fingerprint density at radius 2 is 1.76 bits per heavy atom. The van der Waals surface area contributed by atoms with Crippen LogP contribution in [0.25, 0.3) is 10.2 Å². The highest BCUT2D eigenvalue weighted by molar-refractivity contribution is 7.16. The molecule has 1 aromatic heterocycles. The molecule has 3 rings (SSSR count). The number of anilines is 1. The summed E-state index contributed by atoms with van der Waals surface area (Å²) >= 11 is 1.44. The number of urea groups is 1. The molecule has 0 aliphatic carbocycles. The zero-order chi connectivity index (χ0) is 30.5. The van der Waals surface area contributed by atoms with E-state index >= 15 is 0 Å². The highest BCUT2D eigenvalue weighted by atomic mass is 32.1. The van der Waals surface area contributed by atoms with Crippen molar-refractivity contribution in [1.29, 1.82) is 0 Å². The summed E-state index contributed by atoms with van der Waals surface area (Å²) in [4.78, 5) is 30.0. The molecule has 0 aliphatic rings. The number of thiazole rings is 1. The first-order chi connectivity index (χ1) is 20.1. The highest BCUT2D eigenvalue weighted by Crippen LogP contribution is 2.33. The van der Waals surface area contributed by atoms with E-state index in [9.17, 15) is 9.59 Å². The van der Waals surface area contributed by atoms with Crippen LogP contribution in [0, 0.1) is 11.3 Å². The summed E-state index contributed by atoms with van der Waals surface area (Å²) in [6.45, 7) is 14.5. The summed E-state index contributed by atoms with van der Waals surface area (Å²) in [5.74, 6) is 0.981. The van der Waals surface area contributed by atoms with Crippen molar-refractivity contribution in [2.24, 2.45) is 16.3 Å². The zero-order valence-electron chi connectivity index (χ0n) is 26.4. The van der Waals surface area contributed by atoms with Gasteiger partial charge in [0.25, 0.3) is 0 Å². The molecule has 3 aromatic rings. The highest BCUT2D eigenvalue weighted by Gasteiger charge is 2.17. The van der Waals surface area contributed by atoms with Crippen molar-refractivity contribution < 1.29 is 14.3 Å². The Morgan fingerprint density at radius 3 is 2.45 bits per heavy atom. The average molecular weight is 595 g/mol. The smallest absolute Gasteiger partial charge is 0.343 e. The van der Waals surface area contributed by atoms with Gasteiger partial charge in [0.1, 0.15) is 5.75 Å². The molecular weight excluding hydrogens is 544 g/mol. The fraction of sp³-hybridized carbons (Fsp3) is 0.559. The van der Waals surface area contributed by atoms with E-state index < -0.39 is 0 Å². The summed E-state index contributed by atoms with van der Waals surface area (Å²) in [5, 5.41) is 5.90. The Kier molecular flexibility index (Phi) is 13.1. The molecule has 8 heteroatoms. The maximum atomic E-state index is 12.8. The number of ether oxygens (including phenoxy) is 1. The number of nitrogens with one attached hydrogen (secondary N) is 2. The molecule has 2 N–H and O–H groups in total. The van der Waals surface area contributed by atoms with Gasteiger partial charge in [-0.25, -0.2) is 4.79 Å². The number of rotatable bonds is 15. The van der Waals surface area contributed by atoms with E-state index in [0.29, 0.717) is 41.9 Å². The summed E-state index contributed by atoms with van der Waals surface area (Å²) in [6, 6.07) is 13.7. The number of hydrogen-bond donors (Lipinski definition) is 2. The van der Waals surface area contributed by atoms with Crippen molar-refractivity contribution in [2.75, 3.05) is 18.5 Å². The van der Waals surface area contributed by atoms with Crippen LogP contribution in [-0.2, 0) is 11.3 Å². The summed E-state index contributed by atoms with van der Waals surface area (Å²) in [5.41, 5.74) is 2.92. The second kappa shape index (κ2) is 16.5. The van der Waals surface area contributed by atoms with Crippen LogP contribution in [0.5, 0.6) is 5.75 Å². The minimum atomic E-state index is -0.330. The molecule has 0 bridgehead atoms. The number of unbranched alkanes of at least 4 members (excludes halogenated alkanes) is 5. The number of carbonyl (C=O) groups excluding carboxylic acids is 2. The lowest BCUT2D eigenvalue weighted by atomic mass is 9.84. The van der Waals surface area contributed by atoms with Gasteiger partial charge in [-0.05, 0) is 42.2 Å². The van der Waals surface area contributed by atoms with E-state index in [-0.39, 0.29) is 17.4 Å². The van der Waals surface area contributed by atoms with Crippen molar-refractivity contribution >= 4 is 39.2 Å². The van der Waals surface area contributed by atoms with Crippen molar-refractivity contribution in [2.45, 2.75) is 99.5 Å². The lowest BCUT2D eigenvalue weighted by molar-refractivity contribution is -0.114. The SMILES string of the molecule is CCCCCCCCNC(=O)/N=c1/sc2cc(NC(C)=O)c(OCCC(C)CC(C)(C)C)cc2n1Cc1ccccc1. The number of fused-ring (bicyclic) bond motifs is 1. The second-order valence-corrected chi connectivity index (χ2v) is 13.6. The standard InChI is InChI=1S/C34H50N4O3S/c1-7-8-9-10-11-15-19-35-32(40)37-33-38(24-27-16-13-12-14-17-27)29-22-30(28(36-26(3)39)21-31(29)42-33)41-20-18-25(2)23-34(4,5)6/h12-14,16-17,21-22,25H,7-11,15,18-20,23-24H2,1-6H3,(H,35,40)(H,36,39)/b37-33+. The van der Waals surface area contributed by atoms with Gasteiger partial charge in [-0.15, -0.1) is 0 Å². The lowest BCUT2D eigenvalue weighted by Crippen LogP contribution is -2.25. The van der Waals surface area contributed by atoms with E-state index in [0.717, 1.165) is 41.5 Å². The Morgan fingerprint density at radius 1 is 1.05 bits per heavy atom. The molecule has 42 heavy (non-hydrogen) atoms. The number of aromatic nitrogens is 1.